The lowest BCUT2D eigenvalue weighted by molar-refractivity contribution is 0.412. The van der Waals surface area contributed by atoms with E-state index in [0.717, 1.165) is 24.4 Å². The summed E-state index contributed by atoms with van der Waals surface area (Å²) in [5.41, 5.74) is 2.68. The molecule has 1 aliphatic rings. The fourth-order valence-corrected chi connectivity index (χ4v) is 3.30. The Labute approximate surface area is 116 Å². The summed E-state index contributed by atoms with van der Waals surface area (Å²) in [5, 5.41) is 4.53. The van der Waals surface area contributed by atoms with Crippen LogP contribution in [0.1, 0.15) is 69.0 Å². The van der Waals surface area contributed by atoms with Gasteiger partial charge in [0.25, 0.3) is 0 Å². The molecule has 1 aromatic rings. The number of piperidine rings is 1. The molecule has 0 radical (unpaired) electrons. The van der Waals surface area contributed by atoms with Crippen LogP contribution in [0.4, 0.5) is 0 Å². The highest BCUT2D eigenvalue weighted by Gasteiger charge is 2.17. The molecule has 0 saturated carbocycles. The van der Waals surface area contributed by atoms with Crippen LogP contribution in [0.3, 0.4) is 0 Å². The zero-order valence-electron chi connectivity index (χ0n) is 11.5. The maximum Gasteiger partial charge on any atom is 0.0444 e. The third-order valence-corrected chi connectivity index (χ3v) is 4.49. The molecule has 100 valence electrons. The van der Waals surface area contributed by atoms with E-state index < -0.39 is 0 Å². The van der Waals surface area contributed by atoms with E-state index in [0.29, 0.717) is 12.0 Å². The molecule has 0 bridgehead atoms. The summed E-state index contributed by atoms with van der Waals surface area (Å²) >= 11 is 6.47. The Morgan fingerprint density at radius 2 is 2.06 bits per heavy atom. The molecule has 1 aromatic carbocycles. The van der Waals surface area contributed by atoms with Gasteiger partial charge in [-0.1, -0.05) is 44.0 Å². The van der Waals surface area contributed by atoms with Crippen molar-refractivity contribution >= 4 is 11.6 Å². The first kappa shape index (κ1) is 13.9. The monoisotopic (exact) mass is 265 g/mol. The molecule has 1 N–H and O–H groups in total. The highest BCUT2D eigenvalue weighted by Crippen LogP contribution is 2.33. The smallest absolute Gasteiger partial charge is 0.0444 e. The summed E-state index contributed by atoms with van der Waals surface area (Å²) in [4.78, 5) is 0. The van der Waals surface area contributed by atoms with E-state index in [1.165, 1.54) is 30.4 Å². The molecule has 1 nitrogen and oxygen atoms in total. The summed E-state index contributed by atoms with van der Waals surface area (Å²) in [6.07, 6.45) is 6.19. The van der Waals surface area contributed by atoms with E-state index in [9.17, 15) is 0 Å². The van der Waals surface area contributed by atoms with Gasteiger partial charge in [-0.15, -0.1) is 0 Å². The zero-order chi connectivity index (χ0) is 13.0. The second kappa shape index (κ2) is 6.58. The largest absolute Gasteiger partial charge is 0.310 e. The SMILES string of the molecule is CCC(CC)c1ccc(C2CCCCN2)cc1Cl. The standard InChI is InChI=1S/C16H24ClN/c1-3-12(4-2)14-9-8-13(11-15(14)17)16-7-5-6-10-18-16/h8-9,11-12,16,18H,3-7,10H2,1-2H3. The van der Waals surface area contributed by atoms with Gasteiger partial charge in [-0.3, -0.25) is 0 Å². The third kappa shape index (κ3) is 3.07. The van der Waals surface area contributed by atoms with Crippen molar-refractivity contribution in [1.29, 1.82) is 0 Å². The molecule has 2 rings (SSSR count). The van der Waals surface area contributed by atoms with Crippen LogP contribution in [0.2, 0.25) is 5.02 Å². The molecule has 1 heterocycles. The molecule has 1 unspecified atom stereocenters. The average Bonchev–Trinajstić information content (AvgIpc) is 2.43. The highest BCUT2D eigenvalue weighted by molar-refractivity contribution is 6.31. The van der Waals surface area contributed by atoms with E-state index in [4.69, 9.17) is 11.6 Å². The Morgan fingerprint density at radius 1 is 1.28 bits per heavy atom. The topological polar surface area (TPSA) is 12.0 Å². The first-order valence-corrected chi connectivity index (χ1v) is 7.66. The first-order valence-electron chi connectivity index (χ1n) is 7.29. The van der Waals surface area contributed by atoms with Crippen molar-refractivity contribution in [3.8, 4) is 0 Å². The number of nitrogens with one attached hydrogen (secondary N) is 1. The summed E-state index contributed by atoms with van der Waals surface area (Å²) < 4.78 is 0. The van der Waals surface area contributed by atoms with Crippen molar-refractivity contribution in [1.82, 2.24) is 5.32 Å². The van der Waals surface area contributed by atoms with Gasteiger partial charge in [-0.2, -0.15) is 0 Å². The molecule has 2 heteroatoms. The lowest BCUT2D eigenvalue weighted by Gasteiger charge is -2.25. The summed E-state index contributed by atoms with van der Waals surface area (Å²) in [6.45, 7) is 5.61. The zero-order valence-corrected chi connectivity index (χ0v) is 12.3. The van der Waals surface area contributed by atoms with Gasteiger partial charge in [0, 0.05) is 11.1 Å². The Bertz CT molecular complexity index is 379. The van der Waals surface area contributed by atoms with Gasteiger partial charge in [0.15, 0.2) is 0 Å². The predicted molar refractivity (Wildman–Crippen MR) is 79.4 cm³/mol. The molecule has 0 spiro atoms. The van der Waals surface area contributed by atoms with E-state index >= 15 is 0 Å². The Hall–Kier alpha value is -0.530. The van der Waals surface area contributed by atoms with E-state index in [-0.39, 0.29) is 0 Å². The average molecular weight is 266 g/mol. The van der Waals surface area contributed by atoms with Crippen LogP contribution in [-0.4, -0.2) is 6.54 Å². The highest BCUT2D eigenvalue weighted by atomic mass is 35.5. The number of benzene rings is 1. The van der Waals surface area contributed by atoms with Gasteiger partial charge in [0.1, 0.15) is 0 Å². The molecule has 0 aromatic heterocycles. The Balaban J connectivity index is 2.18. The van der Waals surface area contributed by atoms with Crippen molar-refractivity contribution < 1.29 is 0 Å². The van der Waals surface area contributed by atoms with Crippen molar-refractivity contribution in [2.75, 3.05) is 6.54 Å². The fraction of sp³-hybridized carbons (Fsp3) is 0.625. The maximum atomic E-state index is 6.47. The van der Waals surface area contributed by atoms with Gasteiger partial charge in [-0.05, 0) is 55.3 Å². The summed E-state index contributed by atoms with van der Waals surface area (Å²) in [6, 6.07) is 7.19. The fourth-order valence-electron chi connectivity index (χ4n) is 2.96. The van der Waals surface area contributed by atoms with Crippen LogP contribution in [0.5, 0.6) is 0 Å². The van der Waals surface area contributed by atoms with Crippen LogP contribution >= 0.6 is 11.6 Å². The second-order valence-electron chi connectivity index (χ2n) is 5.30. The summed E-state index contributed by atoms with van der Waals surface area (Å²) in [5.74, 6) is 0.603. The van der Waals surface area contributed by atoms with Gasteiger partial charge < -0.3 is 5.32 Å². The van der Waals surface area contributed by atoms with Crippen LogP contribution in [0, 0.1) is 0 Å². The van der Waals surface area contributed by atoms with E-state index in [1.54, 1.807) is 0 Å². The molecule has 1 saturated heterocycles. The van der Waals surface area contributed by atoms with Gasteiger partial charge in [0.2, 0.25) is 0 Å². The lowest BCUT2D eigenvalue weighted by atomic mass is 9.91. The minimum Gasteiger partial charge on any atom is -0.310 e. The molecular formula is C16H24ClN. The minimum atomic E-state index is 0.506. The predicted octanol–water partition coefficient (Wildman–Crippen LogP) is 5.06. The molecule has 0 amide bonds. The quantitative estimate of drug-likeness (QED) is 0.803. The van der Waals surface area contributed by atoms with Crippen LogP contribution in [0.15, 0.2) is 18.2 Å². The number of halogens is 1. The van der Waals surface area contributed by atoms with E-state index in [1.807, 2.05) is 0 Å². The van der Waals surface area contributed by atoms with Gasteiger partial charge in [-0.25, -0.2) is 0 Å². The number of hydrogen-bond donors (Lipinski definition) is 1. The molecule has 1 aliphatic heterocycles. The Morgan fingerprint density at radius 3 is 2.61 bits per heavy atom. The normalized spacial score (nSPS) is 20.3. The Kier molecular flexibility index (Phi) is 5.08. The van der Waals surface area contributed by atoms with Gasteiger partial charge >= 0.3 is 0 Å². The molecule has 18 heavy (non-hydrogen) atoms. The van der Waals surface area contributed by atoms with Crippen molar-refractivity contribution in [2.24, 2.45) is 0 Å². The van der Waals surface area contributed by atoms with Crippen LogP contribution < -0.4 is 5.32 Å². The summed E-state index contributed by atoms with van der Waals surface area (Å²) in [7, 11) is 0. The van der Waals surface area contributed by atoms with Crippen LogP contribution in [-0.2, 0) is 0 Å². The van der Waals surface area contributed by atoms with Crippen molar-refractivity contribution in [2.45, 2.75) is 57.9 Å². The molecular weight excluding hydrogens is 242 g/mol. The second-order valence-corrected chi connectivity index (χ2v) is 5.70. The minimum absolute atomic E-state index is 0.506. The van der Waals surface area contributed by atoms with E-state index in [2.05, 4.69) is 37.4 Å². The molecule has 1 fully saturated rings. The maximum absolute atomic E-state index is 6.47. The number of rotatable bonds is 4. The van der Waals surface area contributed by atoms with Crippen molar-refractivity contribution in [3.63, 3.8) is 0 Å². The third-order valence-electron chi connectivity index (χ3n) is 4.16. The lowest BCUT2D eigenvalue weighted by Crippen LogP contribution is -2.26. The van der Waals surface area contributed by atoms with Crippen molar-refractivity contribution in [3.05, 3.63) is 34.3 Å². The number of hydrogen-bond acceptors (Lipinski definition) is 1. The van der Waals surface area contributed by atoms with Gasteiger partial charge in [0.05, 0.1) is 0 Å². The molecule has 1 atom stereocenters. The molecule has 0 aliphatic carbocycles. The first-order chi connectivity index (χ1) is 8.76. The van der Waals surface area contributed by atoms with Crippen LogP contribution in [0.25, 0.3) is 0 Å².